The molecule has 2 heterocycles. The van der Waals surface area contributed by atoms with E-state index in [1.807, 2.05) is 6.92 Å². The molecule has 0 spiro atoms. The third kappa shape index (κ3) is 1.62. The molecular formula is C10H12N4O2. The van der Waals surface area contributed by atoms with Crippen LogP contribution < -0.4 is 0 Å². The fraction of sp³-hybridized carbons (Fsp3) is 0.400. The van der Waals surface area contributed by atoms with E-state index in [9.17, 15) is 4.79 Å². The second-order valence-electron chi connectivity index (χ2n) is 3.70. The molecule has 0 aromatic carbocycles. The summed E-state index contributed by atoms with van der Waals surface area (Å²) in [6.07, 6.45) is -0.0421. The quantitative estimate of drug-likeness (QED) is 0.804. The fourth-order valence-corrected chi connectivity index (χ4v) is 1.72. The highest BCUT2D eigenvalue weighted by molar-refractivity contribution is 5.71. The number of aromatic nitrogens is 4. The molecule has 0 amide bonds. The minimum absolute atomic E-state index is 0.0421. The van der Waals surface area contributed by atoms with Crippen LogP contribution in [-0.4, -0.2) is 30.7 Å². The van der Waals surface area contributed by atoms with Gasteiger partial charge in [-0.25, -0.2) is 9.50 Å². The zero-order valence-electron chi connectivity index (χ0n) is 9.35. The number of hydrogen-bond acceptors (Lipinski definition) is 4. The number of rotatable bonds is 2. The highest BCUT2D eigenvalue weighted by Gasteiger charge is 2.14. The number of carboxylic acids is 1. The number of carboxylic acid groups (broad SMARTS) is 1. The van der Waals surface area contributed by atoms with Crippen LogP contribution in [0.15, 0.2) is 0 Å². The van der Waals surface area contributed by atoms with E-state index in [-0.39, 0.29) is 6.42 Å². The number of aryl methyl sites for hydroxylation is 3. The highest BCUT2D eigenvalue weighted by Crippen LogP contribution is 2.14. The van der Waals surface area contributed by atoms with Gasteiger partial charge in [-0.05, 0) is 20.8 Å². The first-order chi connectivity index (χ1) is 7.49. The molecule has 0 fully saturated rings. The zero-order valence-corrected chi connectivity index (χ0v) is 9.35. The molecule has 0 atom stereocenters. The summed E-state index contributed by atoms with van der Waals surface area (Å²) < 4.78 is 1.58. The van der Waals surface area contributed by atoms with Gasteiger partial charge in [-0.2, -0.15) is 10.1 Å². The molecule has 6 heteroatoms. The maximum absolute atomic E-state index is 10.7. The van der Waals surface area contributed by atoms with Gasteiger partial charge in [0.2, 0.25) is 0 Å². The molecule has 0 aliphatic rings. The first-order valence-electron chi connectivity index (χ1n) is 4.90. The Labute approximate surface area is 92.0 Å². The second kappa shape index (κ2) is 3.55. The summed E-state index contributed by atoms with van der Waals surface area (Å²) >= 11 is 0. The lowest BCUT2D eigenvalue weighted by molar-refractivity contribution is -0.136. The van der Waals surface area contributed by atoms with Crippen LogP contribution in [0.4, 0.5) is 0 Å². The fourth-order valence-electron chi connectivity index (χ4n) is 1.72. The van der Waals surface area contributed by atoms with Crippen molar-refractivity contribution in [1.29, 1.82) is 0 Å². The summed E-state index contributed by atoms with van der Waals surface area (Å²) in [6, 6.07) is 0. The van der Waals surface area contributed by atoms with Crippen molar-refractivity contribution in [1.82, 2.24) is 19.6 Å². The van der Waals surface area contributed by atoms with Gasteiger partial charge in [-0.3, -0.25) is 4.79 Å². The van der Waals surface area contributed by atoms with E-state index in [1.165, 1.54) is 0 Å². The Hall–Kier alpha value is -1.98. The molecule has 2 aromatic heterocycles. The lowest BCUT2D eigenvalue weighted by Gasteiger charge is -2.07. The Morgan fingerprint density at radius 3 is 2.62 bits per heavy atom. The van der Waals surface area contributed by atoms with Gasteiger partial charge >= 0.3 is 5.97 Å². The monoisotopic (exact) mass is 220 g/mol. The number of fused-ring (bicyclic) bond motifs is 1. The topological polar surface area (TPSA) is 80.4 Å². The Morgan fingerprint density at radius 1 is 1.31 bits per heavy atom. The van der Waals surface area contributed by atoms with Crippen molar-refractivity contribution in [3.05, 3.63) is 22.8 Å². The summed E-state index contributed by atoms with van der Waals surface area (Å²) in [5.41, 5.74) is 2.18. The van der Waals surface area contributed by atoms with Crippen LogP contribution in [-0.2, 0) is 11.2 Å². The third-order valence-electron chi connectivity index (χ3n) is 2.48. The van der Waals surface area contributed by atoms with E-state index >= 15 is 0 Å². The second-order valence-corrected chi connectivity index (χ2v) is 3.70. The van der Waals surface area contributed by atoms with Gasteiger partial charge in [0.25, 0.3) is 5.78 Å². The van der Waals surface area contributed by atoms with E-state index in [0.29, 0.717) is 22.9 Å². The van der Waals surface area contributed by atoms with Crippen molar-refractivity contribution < 1.29 is 9.90 Å². The normalized spacial score (nSPS) is 10.9. The van der Waals surface area contributed by atoms with Crippen LogP contribution in [0.2, 0.25) is 0 Å². The zero-order chi connectivity index (χ0) is 11.9. The molecule has 2 aromatic rings. The molecular weight excluding hydrogens is 208 g/mol. The number of carbonyl (C=O) groups is 1. The lowest BCUT2D eigenvalue weighted by Crippen LogP contribution is -2.10. The SMILES string of the molecule is Cc1nc2nc(C)c(CC(=O)O)c(C)n2n1. The molecule has 0 saturated carbocycles. The molecule has 6 nitrogen and oxygen atoms in total. The van der Waals surface area contributed by atoms with E-state index in [2.05, 4.69) is 15.1 Å². The number of hydrogen-bond donors (Lipinski definition) is 1. The summed E-state index contributed by atoms with van der Waals surface area (Å²) in [4.78, 5) is 19.1. The number of aliphatic carboxylic acids is 1. The predicted octanol–water partition coefficient (Wildman–Crippen LogP) is 0.677. The van der Waals surface area contributed by atoms with Gasteiger partial charge < -0.3 is 5.11 Å². The largest absolute Gasteiger partial charge is 0.481 e. The van der Waals surface area contributed by atoms with Crippen LogP contribution in [0.1, 0.15) is 22.8 Å². The Morgan fingerprint density at radius 2 is 2.00 bits per heavy atom. The van der Waals surface area contributed by atoms with Crippen molar-refractivity contribution in [3.8, 4) is 0 Å². The van der Waals surface area contributed by atoms with Crippen molar-refractivity contribution in [3.63, 3.8) is 0 Å². The first kappa shape index (κ1) is 10.5. The van der Waals surface area contributed by atoms with Crippen molar-refractivity contribution in [2.75, 3.05) is 0 Å². The Balaban J connectivity index is 2.69. The first-order valence-corrected chi connectivity index (χ1v) is 4.90. The van der Waals surface area contributed by atoms with E-state index in [4.69, 9.17) is 5.11 Å². The van der Waals surface area contributed by atoms with Crippen molar-refractivity contribution in [2.24, 2.45) is 0 Å². The van der Waals surface area contributed by atoms with Crippen LogP contribution in [0.5, 0.6) is 0 Å². The van der Waals surface area contributed by atoms with Crippen LogP contribution in [0.3, 0.4) is 0 Å². The van der Waals surface area contributed by atoms with Crippen LogP contribution in [0, 0.1) is 20.8 Å². The molecule has 0 bridgehead atoms. The third-order valence-corrected chi connectivity index (χ3v) is 2.48. The van der Waals surface area contributed by atoms with E-state index in [0.717, 1.165) is 5.69 Å². The van der Waals surface area contributed by atoms with Gasteiger partial charge in [0.1, 0.15) is 5.82 Å². The van der Waals surface area contributed by atoms with Gasteiger partial charge in [-0.1, -0.05) is 0 Å². The van der Waals surface area contributed by atoms with Gasteiger partial charge in [0.05, 0.1) is 6.42 Å². The summed E-state index contributed by atoms with van der Waals surface area (Å²) in [5, 5.41) is 13.0. The minimum atomic E-state index is -0.871. The van der Waals surface area contributed by atoms with Gasteiger partial charge in [0.15, 0.2) is 0 Å². The summed E-state index contributed by atoms with van der Waals surface area (Å²) in [7, 11) is 0. The highest BCUT2D eigenvalue weighted by atomic mass is 16.4. The smallest absolute Gasteiger partial charge is 0.307 e. The molecule has 0 radical (unpaired) electrons. The molecule has 84 valence electrons. The molecule has 16 heavy (non-hydrogen) atoms. The molecule has 0 unspecified atom stereocenters. The predicted molar refractivity (Wildman–Crippen MR) is 56.3 cm³/mol. The molecule has 2 rings (SSSR count). The number of nitrogens with zero attached hydrogens (tertiary/aromatic N) is 4. The Bertz CT molecular complexity index is 574. The molecule has 0 saturated heterocycles. The average molecular weight is 220 g/mol. The van der Waals surface area contributed by atoms with Gasteiger partial charge in [0, 0.05) is 17.0 Å². The van der Waals surface area contributed by atoms with E-state index < -0.39 is 5.97 Å². The van der Waals surface area contributed by atoms with Crippen molar-refractivity contribution in [2.45, 2.75) is 27.2 Å². The average Bonchev–Trinajstić information content (AvgIpc) is 2.53. The maximum atomic E-state index is 10.7. The van der Waals surface area contributed by atoms with E-state index in [1.54, 1.807) is 18.4 Å². The lowest BCUT2D eigenvalue weighted by atomic mass is 10.1. The van der Waals surface area contributed by atoms with Crippen LogP contribution >= 0.6 is 0 Å². The summed E-state index contributed by atoms with van der Waals surface area (Å²) in [6.45, 7) is 5.39. The maximum Gasteiger partial charge on any atom is 0.307 e. The van der Waals surface area contributed by atoms with Crippen LogP contribution in [0.25, 0.3) is 5.78 Å². The molecule has 0 aliphatic heterocycles. The standard InChI is InChI=1S/C10H12N4O2/c1-5-8(4-9(15)16)6(2)14-10(11-5)12-7(3)13-14/h4H2,1-3H3,(H,15,16). The van der Waals surface area contributed by atoms with Gasteiger partial charge in [-0.15, -0.1) is 0 Å². The Kier molecular flexibility index (Phi) is 2.34. The molecule has 0 aliphatic carbocycles. The molecule has 1 N–H and O–H groups in total. The minimum Gasteiger partial charge on any atom is -0.481 e. The summed E-state index contributed by atoms with van der Waals surface area (Å²) in [5.74, 6) is 0.272. The van der Waals surface area contributed by atoms with Crippen molar-refractivity contribution >= 4 is 11.7 Å².